The number of carboxylic acid groups (broad SMARTS) is 1. The number of likely N-dealkylation sites (tertiary alicyclic amines) is 1. The third kappa shape index (κ3) is 7.80. The number of piperidine rings is 1. The highest BCUT2D eigenvalue weighted by Crippen LogP contribution is 2.39. The molecule has 0 radical (unpaired) electrons. The first-order chi connectivity index (χ1) is 18.6. The number of hydrogen-bond donors (Lipinski definition) is 3. The maximum absolute atomic E-state index is 13.6. The van der Waals surface area contributed by atoms with E-state index in [1.54, 1.807) is 24.3 Å². The molecule has 0 spiro atoms. The topological polar surface area (TPSA) is 120 Å². The van der Waals surface area contributed by atoms with E-state index in [2.05, 4.69) is 15.6 Å². The van der Waals surface area contributed by atoms with Gasteiger partial charge in [-0.3, -0.25) is 14.4 Å². The van der Waals surface area contributed by atoms with Crippen LogP contribution in [0.2, 0.25) is 0 Å². The molecule has 2 atom stereocenters. The molecule has 3 N–H and O–H groups in total. The summed E-state index contributed by atoms with van der Waals surface area (Å²) in [6, 6.07) is 4.41. The van der Waals surface area contributed by atoms with Crippen molar-refractivity contribution >= 4 is 34.7 Å². The average molecular weight is 571 g/mol. The Morgan fingerprint density at radius 1 is 1.00 bits per heavy atom. The maximum Gasteiger partial charge on any atom is 0.412 e. The second-order valence-electron chi connectivity index (χ2n) is 9.99. The van der Waals surface area contributed by atoms with Gasteiger partial charge in [0.25, 0.3) is 5.91 Å². The Morgan fingerprint density at radius 3 is 2.26 bits per heavy atom. The van der Waals surface area contributed by atoms with E-state index < -0.39 is 35.3 Å². The minimum Gasteiger partial charge on any atom is -0.490 e. The lowest BCUT2D eigenvalue weighted by atomic mass is 9.87. The summed E-state index contributed by atoms with van der Waals surface area (Å²) in [6.07, 6.45) is 0.547. The quantitative estimate of drug-likeness (QED) is 0.410. The summed E-state index contributed by atoms with van der Waals surface area (Å²) in [5.41, 5.74) is 0.367. The van der Waals surface area contributed by atoms with Gasteiger partial charge in [-0.1, -0.05) is 11.8 Å². The molecule has 1 aromatic carbocycles. The summed E-state index contributed by atoms with van der Waals surface area (Å²) in [6.45, 7) is 1.30. The van der Waals surface area contributed by atoms with Crippen LogP contribution in [0.15, 0.2) is 29.3 Å². The molecule has 39 heavy (non-hydrogen) atoms. The van der Waals surface area contributed by atoms with Crippen LogP contribution in [0.5, 0.6) is 5.75 Å². The summed E-state index contributed by atoms with van der Waals surface area (Å²) in [7, 11) is 0. The van der Waals surface area contributed by atoms with E-state index in [1.165, 1.54) is 0 Å². The number of ether oxygens (including phenoxy) is 1. The highest BCUT2D eigenvalue weighted by atomic mass is 32.2. The van der Waals surface area contributed by atoms with Crippen molar-refractivity contribution in [2.45, 2.75) is 68.5 Å². The molecule has 1 aliphatic carbocycles. The van der Waals surface area contributed by atoms with E-state index in [1.807, 2.05) is 4.90 Å². The van der Waals surface area contributed by atoms with Gasteiger partial charge in [0.1, 0.15) is 11.0 Å². The molecular formula is C26H33F3N4O5S. The van der Waals surface area contributed by atoms with Gasteiger partial charge in [0, 0.05) is 31.7 Å². The number of amidine groups is 1. The fourth-order valence-electron chi connectivity index (χ4n) is 4.95. The number of carboxylic acids is 1. The molecule has 2 amide bonds. The largest absolute Gasteiger partial charge is 0.490 e. The van der Waals surface area contributed by atoms with Gasteiger partial charge >= 0.3 is 12.1 Å². The monoisotopic (exact) mass is 570 g/mol. The van der Waals surface area contributed by atoms with Crippen molar-refractivity contribution in [1.82, 2.24) is 15.5 Å². The van der Waals surface area contributed by atoms with Crippen LogP contribution in [0.4, 0.5) is 13.2 Å². The molecule has 1 saturated heterocycles. The Morgan fingerprint density at radius 2 is 1.64 bits per heavy atom. The molecule has 2 unspecified atom stereocenters. The second kappa shape index (κ2) is 12.9. The van der Waals surface area contributed by atoms with E-state index in [-0.39, 0.29) is 30.3 Å². The van der Waals surface area contributed by atoms with Gasteiger partial charge in [0.15, 0.2) is 11.2 Å². The standard InChI is InChI=1S/C26H33F3N4O5S/c27-26(28,29)21-20(39-25(32-21)33-14-2-1-3-15-33)23(35)31-13-12-30-22(34)16-4-8-18(9-5-16)38-19-10-6-17(7-11-19)24(36)37/h4-5,8-9,17,19-21H,1-3,6-7,10-15H2,(H,30,34)(H,31,35)(H,36,37). The zero-order chi connectivity index (χ0) is 28.0. The third-order valence-electron chi connectivity index (χ3n) is 7.14. The lowest BCUT2D eigenvalue weighted by Crippen LogP contribution is -2.46. The Bertz CT molecular complexity index is 1050. The van der Waals surface area contributed by atoms with E-state index in [9.17, 15) is 27.6 Å². The Labute approximate surface area is 228 Å². The minimum atomic E-state index is -4.63. The number of thioether (sulfide) groups is 1. The number of hydrogen-bond acceptors (Lipinski definition) is 7. The summed E-state index contributed by atoms with van der Waals surface area (Å²) >= 11 is 0.855. The average Bonchev–Trinajstić information content (AvgIpc) is 3.39. The lowest BCUT2D eigenvalue weighted by molar-refractivity contribution is -0.152. The zero-order valence-corrected chi connectivity index (χ0v) is 22.2. The van der Waals surface area contributed by atoms with Crippen molar-refractivity contribution in [3.05, 3.63) is 29.8 Å². The third-order valence-corrected chi connectivity index (χ3v) is 8.44. The van der Waals surface area contributed by atoms with Gasteiger partial charge in [-0.25, -0.2) is 4.99 Å². The lowest BCUT2D eigenvalue weighted by Gasteiger charge is -2.27. The highest BCUT2D eigenvalue weighted by molar-refractivity contribution is 8.15. The van der Waals surface area contributed by atoms with Crippen molar-refractivity contribution < 1.29 is 37.4 Å². The van der Waals surface area contributed by atoms with Crippen LogP contribution >= 0.6 is 11.8 Å². The van der Waals surface area contributed by atoms with Crippen LogP contribution in [0.25, 0.3) is 0 Å². The first kappa shape index (κ1) is 29.0. The molecule has 2 heterocycles. The van der Waals surface area contributed by atoms with Crippen molar-refractivity contribution in [1.29, 1.82) is 0 Å². The summed E-state index contributed by atoms with van der Waals surface area (Å²) in [4.78, 5) is 41.8. The molecule has 214 valence electrons. The first-order valence-corrected chi connectivity index (χ1v) is 14.1. The van der Waals surface area contributed by atoms with Crippen LogP contribution in [0.3, 0.4) is 0 Å². The number of aliphatic imine (C=N–C) groups is 1. The smallest absolute Gasteiger partial charge is 0.412 e. The van der Waals surface area contributed by atoms with Crippen LogP contribution < -0.4 is 15.4 Å². The maximum atomic E-state index is 13.6. The molecule has 1 saturated carbocycles. The molecule has 2 fully saturated rings. The number of benzene rings is 1. The predicted octanol–water partition coefficient (Wildman–Crippen LogP) is 3.44. The number of rotatable bonds is 8. The molecule has 2 aliphatic heterocycles. The predicted molar refractivity (Wildman–Crippen MR) is 140 cm³/mol. The number of halogens is 3. The fourth-order valence-corrected chi connectivity index (χ4v) is 6.22. The number of amides is 2. The molecule has 1 aromatic rings. The summed E-state index contributed by atoms with van der Waals surface area (Å²) in [5.74, 6) is -1.67. The van der Waals surface area contributed by atoms with Crippen molar-refractivity contribution in [3.63, 3.8) is 0 Å². The van der Waals surface area contributed by atoms with Gasteiger partial charge in [-0.2, -0.15) is 13.2 Å². The number of alkyl halides is 3. The van der Waals surface area contributed by atoms with Gasteiger partial charge < -0.3 is 25.4 Å². The molecule has 4 rings (SSSR count). The SMILES string of the molecule is O=C(NCCNC(=O)C1SC(N2CCCCC2)=NC1C(F)(F)F)c1ccc(OC2CCC(C(=O)O)CC2)cc1. The van der Waals surface area contributed by atoms with E-state index in [4.69, 9.17) is 9.84 Å². The summed E-state index contributed by atoms with van der Waals surface area (Å²) < 4.78 is 46.7. The molecule has 9 nitrogen and oxygen atoms in total. The number of aliphatic carboxylic acids is 1. The van der Waals surface area contributed by atoms with Crippen LogP contribution in [-0.4, -0.2) is 82.7 Å². The number of carbonyl (C=O) groups is 3. The number of nitrogens with one attached hydrogen (secondary N) is 2. The Balaban J connectivity index is 1.20. The summed E-state index contributed by atoms with van der Waals surface area (Å²) in [5, 5.41) is 13.1. The molecule has 3 aliphatic rings. The zero-order valence-electron chi connectivity index (χ0n) is 21.4. The van der Waals surface area contributed by atoms with Gasteiger partial charge in [-0.15, -0.1) is 0 Å². The normalized spacial score (nSPS) is 25.5. The van der Waals surface area contributed by atoms with E-state index in [0.717, 1.165) is 31.0 Å². The van der Waals surface area contributed by atoms with Crippen molar-refractivity contribution in [2.75, 3.05) is 26.2 Å². The fraction of sp³-hybridized carbons (Fsp3) is 0.615. The van der Waals surface area contributed by atoms with Crippen molar-refractivity contribution in [2.24, 2.45) is 10.9 Å². The second-order valence-corrected chi connectivity index (χ2v) is 11.1. The molecular weight excluding hydrogens is 537 g/mol. The van der Waals surface area contributed by atoms with Crippen LogP contribution in [0.1, 0.15) is 55.3 Å². The Kier molecular flexibility index (Phi) is 9.62. The van der Waals surface area contributed by atoms with Gasteiger partial charge in [0.05, 0.1) is 12.0 Å². The molecule has 0 aromatic heterocycles. The van der Waals surface area contributed by atoms with Crippen molar-refractivity contribution in [3.8, 4) is 5.75 Å². The van der Waals surface area contributed by atoms with Crippen LogP contribution in [-0.2, 0) is 9.59 Å². The number of nitrogens with zero attached hydrogens (tertiary/aromatic N) is 2. The minimum absolute atomic E-state index is 0.0224. The highest BCUT2D eigenvalue weighted by Gasteiger charge is 2.52. The number of carbonyl (C=O) groups excluding carboxylic acids is 2. The van der Waals surface area contributed by atoms with E-state index >= 15 is 0 Å². The molecule has 13 heteroatoms. The van der Waals surface area contributed by atoms with Gasteiger partial charge in [0.2, 0.25) is 5.91 Å². The molecule has 0 bridgehead atoms. The Hall–Kier alpha value is -2.96. The first-order valence-electron chi connectivity index (χ1n) is 13.2. The van der Waals surface area contributed by atoms with Gasteiger partial charge in [-0.05, 0) is 69.2 Å². The van der Waals surface area contributed by atoms with Crippen LogP contribution in [0, 0.1) is 5.92 Å². The van der Waals surface area contributed by atoms with E-state index in [0.29, 0.717) is 50.1 Å².